The average Bonchev–Trinajstić information content (AvgIpc) is 3.39. The van der Waals surface area contributed by atoms with Crippen molar-refractivity contribution in [3.8, 4) is 50.9 Å². The molecule has 1 aliphatic rings. The monoisotopic (exact) mass is 373 g/mol. The minimum Gasteiger partial charge on any atom is -0.507 e. The van der Waals surface area contributed by atoms with Crippen molar-refractivity contribution in [1.82, 2.24) is 4.98 Å². The van der Waals surface area contributed by atoms with E-state index in [1.807, 2.05) is 47.8 Å². The second-order valence-electron chi connectivity index (χ2n) is 6.22. The quantitative estimate of drug-likeness (QED) is 0.509. The second kappa shape index (κ2) is 6.45. The van der Waals surface area contributed by atoms with E-state index in [4.69, 9.17) is 14.5 Å². The van der Waals surface area contributed by atoms with Gasteiger partial charge in [-0.2, -0.15) is 11.3 Å². The molecule has 132 valence electrons. The number of benzene rings is 2. The molecule has 3 heterocycles. The molecule has 0 saturated carbocycles. The van der Waals surface area contributed by atoms with Crippen molar-refractivity contribution >= 4 is 11.3 Å². The molecular weight excluding hydrogens is 358 g/mol. The molecule has 0 fully saturated rings. The predicted octanol–water partition coefficient (Wildman–Crippen LogP) is 5.58. The van der Waals surface area contributed by atoms with Crippen LogP contribution < -0.4 is 9.47 Å². The fourth-order valence-corrected chi connectivity index (χ4v) is 3.81. The van der Waals surface area contributed by atoms with Crippen LogP contribution in [0.15, 0.2) is 71.4 Å². The molecule has 5 heteroatoms. The number of nitrogens with zero attached hydrogens (tertiary/aromatic N) is 1. The van der Waals surface area contributed by atoms with E-state index >= 15 is 0 Å². The van der Waals surface area contributed by atoms with Crippen LogP contribution in [0.1, 0.15) is 0 Å². The highest BCUT2D eigenvalue weighted by Crippen LogP contribution is 2.38. The molecule has 5 rings (SSSR count). The fraction of sp³-hybridized carbons (Fsp3) is 0.0455. The number of aromatic nitrogens is 1. The predicted molar refractivity (Wildman–Crippen MR) is 106 cm³/mol. The number of hydrogen-bond acceptors (Lipinski definition) is 5. The van der Waals surface area contributed by atoms with E-state index < -0.39 is 0 Å². The van der Waals surface area contributed by atoms with Gasteiger partial charge in [0.05, 0.1) is 11.4 Å². The van der Waals surface area contributed by atoms with E-state index in [9.17, 15) is 5.11 Å². The lowest BCUT2D eigenvalue weighted by Gasteiger charge is -2.11. The van der Waals surface area contributed by atoms with Crippen LogP contribution >= 0.6 is 11.3 Å². The van der Waals surface area contributed by atoms with Crippen molar-refractivity contribution in [1.29, 1.82) is 0 Å². The smallest absolute Gasteiger partial charge is 0.231 e. The molecule has 4 nitrogen and oxygen atoms in total. The number of fused-ring (bicyclic) bond motifs is 1. The largest absolute Gasteiger partial charge is 0.507 e. The first-order valence-electron chi connectivity index (χ1n) is 8.51. The van der Waals surface area contributed by atoms with Crippen molar-refractivity contribution in [2.75, 3.05) is 6.79 Å². The minimum atomic E-state index is 0.212. The van der Waals surface area contributed by atoms with Crippen molar-refractivity contribution < 1.29 is 14.6 Å². The Morgan fingerprint density at radius 3 is 2.52 bits per heavy atom. The molecule has 0 spiro atoms. The van der Waals surface area contributed by atoms with Gasteiger partial charge >= 0.3 is 0 Å². The Bertz CT molecular complexity index is 1120. The number of rotatable bonds is 3. The lowest BCUT2D eigenvalue weighted by molar-refractivity contribution is 0.174. The number of thiophene rings is 1. The Balaban J connectivity index is 1.70. The van der Waals surface area contributed by atoms with E-state index in [1.165, 1.54) is 0 Å². The summed E-state index contributed by atoms with van der Waals surface area (Å²) < 4.78 is 10.9. The second-order valence-corrected chi connectivity index (χ2v) is 7.00. The molecule has 1 aliphatic heterocycles. The molecule has 0 aliphatic carbocycles. The Morgan fingerprint density at radius 2 is 1.67 bits per heavy atom. The molecule has 0 bridgehead atoms. The third kappa shape index (κ3) is 2.92. The summed E-state index contributed by atoms with van der Waals surface area (Å²) in [6, 6.07) is 19.2. The Labute approximate surface area is 160 Å². The highest BCUT2D eigenvalue weighted by molar-refractivity contribution is 7.08. The van der Waals surface area contributed by atoms with Crippen LogP contribution in [-0.2, 0) is 0 Å². The first-order valence-corrected chi connectivity index (χ1v) is 9.45. The van der Waals surface area contributed by atoms with Crippen molar-refractivity contribution in [3.05, 3.63) is 71.4 Å². The fourth-order valence-electron chi connectivity index (χ4n) is 3.16. The molecule has 27 heavy (non-hydrogen) atoms. The van der Waals surface area contributed by atoms with Crippen LogP contribution in [0.3, 0.4) is 0 Å². The third-order valence-electron chi connectivity index (χ3n) is 4.53. The number of pyridine rings is 1. The topological polar surface area (TPSA) is 51.6 Å². The van der Waals surface area contributed by atoms with Gasteiger partial charge < -0.3 is 14.6 Å². The van der Waals surface area contributed by atoms with E-state index in [-0.39, 0.29) is 12.5 Å². The summed E-state index contributed by atoms with van der Waals surface area (Å²) in [4.78, 5) is 4.80. The summed E-state index contributed by atoms with van der Waals surface area (Å²) in [7, 11) is 0. The molecule has 0 unspecified atom stereocenters. The SMILES string of the molecule is Oc1ccccc1-c1cc(-c2ccc3c(c2)OCO3)cc(-c2ccsc2)n1. The van der Waals surface area contributed by atoms with Gasteiger partial charge in [-0.05, 0) is 59.0 Å². The third-order valence-corrected chi connectivity index (χ3v) is 5.21. The lowest BCUT2D eigenvalue weighted by atomic mass is 10.00. The Kier molecular flexibility index (Phi) is 3.80. The summed E-state index contributed by atoms with van der Waals surface area (Å²) in [5.74, 6) is 1.71. The molecule has 0 atom stereocenters. The number of hydrogen-bond donors (Lipinski definition) is 1. The Hall–Kier alpha value is -3.31. The van der Waals surface area contributed by atoms with Gasteiger partial charge in [0.2, 0.25) is 6.79 Å². The summed E-state index contributed by atoms with van der Waals surface area (Å²) in [5.41, 5.74) is 5.36. The zero-order valence-corrected chi connectivity index (χ0v) is 15.1. The standard InChI is InChI=1S/C22H15NO3S/c24-20-4-2-1-3-17(20)19-10-16(9-18(23-19)15-7-8-27-12-15)14-5-6-21-22(11-14)26-13-25-21/h1-12,24H,13H2. The molecule has 2 aromatic heterocycles. The maximum atomic E-state index is 10.3. The van der Waals surface area contributed by atoms with Gasteiger partial charge in [-0.1, -0.05) is 18.2 Å². The van der Waals surface area contributed by atoms with Crippen molar-refractivity contribution in [3.63, 3.8) is 0 Å². The van der Waals surface area contributed by atoms with Gasteiger partial charge in [0, 0.05) is 16.5 Å². The Morgan fingerprint density at radius 1 is 0.815 bits per heavy atom. The van der Waals surface area contributed by atoms with Gasteiger partial charge in [-0.3, -0.25) is 0 Å². The summed E-state index contributed by atoms with van der Waals surface area (Å²) in [6.07, 6.45) is 0. The maximum Gasteiger partial charge on any atom is 0.231 e. The summed E-state index contributed by atoms with van der Waals surface area (Å²) in [5, 5.41) is 14.4. The molecule has 0 amide bonds. The van der Waals surface area contributed by atoms with Crippen LogP contribution in [0.4, 0.5) is 0 Å². The number of ether oxygens (including phenoxy) is 2. The minimum absolute atomic E-state index is 0.212. The van der Waals surface area contributed by atoms with Gasteiger partial charge in [0.25, 0.3) is 0 Å². The summed E-state index contributed by atoms with van der Waals surface area (Å²) >= 11 is 1.63. The van der Waals surface area contributed by atoms with E-state index in [0.717, 1.165) is 39.6 Å². The maximum absolute atomic E-state index is 10.3. The molecule has 0 radical (unpaired) electrons. The first-order chi connectivity index (χ1) is 13.3. The lowest BCUT2D eigenvalue weighted by Crippen LogP contribution is -1.93. The van der Waals surface area contributed by atoms with Gasteiger partial charge in [0.15, 0.2) is 11.5 Å². The summed E-state index contributed by atoms with van der Waals surface area (Å²) in [6.45, 7) is 0.248. The number of para-hydroxylation sites is 1. The molecule has 1 N–H and O–H groups in total. The highest BCUT2D eigenvalue weighted by Gasteiger charge is 2.16. The number of phenols is 1. The normalized spacial score (nSPS) is 12.3. The zero-order chi connectivity index (χ0) is 18.2. The average molecular weight is 373 g/mol. The molecule has 0 saturated heterocycles. The van der Waals surface area contributed by atoms with Crippen molar-refractivity contribution in [2.45, 2.75) is 0 Å². The number of phenolic OH excluding ortho intramolecular Hbond substituents is 1. The molecular formula is C22H15NO3S. The van der Waals surface area contributed by atoms with Gasteiger partial charge in [-0.25, -0.2) is 4.98 Å². The first kappa shape index (κ1) is 15.9. The van der Waals surface area contributed by atoms with Crippen LogP contribution in [0.5, 0.6) is 17.2 Å². The van der Waals surface area contributed by atoms with Crippen LogP contribution in [0.25, 0.3) is 33.6 Å². The number of aromatic hydroxyl groups is 1. The van der Waals surface area contributed by atoms with E-state index in [2.05, 4.69) is 11.4 Å². The van der Waals surface area contributed by atoms with Crippen molar-refractivity contribution in [2.24, 2.45) is 0 Å². The van der Waals surface area contributed by atoms with Crippen LogP contribution in [0, 0.1) is 0 Å². The molecule has 4 aromatic rings. The zero-order valence-electron chi connectivity index (χ0n) is 14.3. The van der Waals surface area contributed by atoms with E-state index in [1.54, 1.807) is 23.5 Å². The highest BCUT2D eigenvalue weighted by atomic mass is 32.1. The van der Waals surface area contributed by atoms with Crippen LogP contribution in [0.2, 0.25) is 0 Å². The van der Waals surface area contributed by atoms with Gasteiger partial charge in [-0.15, -0.1) is 0 Å². The van der Waals surface area contributed by atoms with Crippen LogP contribution in [-0.4, -0.2) is 16.9 Å². The molecule has 2 aromatic carbocycles. The van der Waals surface area contributed by atoms with Gasteiger partial charge in [0.1, 0.15) is 5.75 Å². The van der Waals surface area contributed by atoms with E-state index in [0.29, 0.717) is 5.56 Å².